The monoisotopic (exact) mass is 338 g/mol. The molecular formula is C15H22N4O3S. The molecule has 2 saturated heterocycles. The Morgan fingerprint density at radius 1 is 1.30 bits per heavy atom. The number of piperidine rings is 1. The fourth-order valence-electron chi connectivity index (χ4n) is 3.18. The summed E-state index contributed by atoms with van der Waals surface area (Å²) in [6, 6.07) is 3.22. The third-order valence-electron chi connectivity index (χ3n) is 4.41. The molecule has 1 aromatic heterocycles. The van der Waals surface area contributed by atoms with Gasteiger partial charge in [-0.25, -0.2) is 8.42 Å². The highest BCUT2D eigenvalue weighted by molar-refractivity contribution is 7.91. The van der Waals surface area contributed by atoms with Gasteiger partial charge < -0.3 is 10.2 Å². The lowest BCUT2D eigenvalue weighted by Gasteiger charge is -2.30. The predicted molar refractivity (Wildman–Crippen MR) is 87.0 cm³/mol. The SMILES string of the molecule is CC1CCCN(C(=O)c2ccc(NC3CCS(=O)(=O)C3)nn2)C1. The van der Waals surface area contributed by atoms with E-state index in [9.17, 15) is 13.2 Å². The summed E-state index contributed by atoms with van der Waals surface area (Å²) < 4.78 is 22.9. The molecule has 2 fully saturated rings. The first-order chi connectivity index (χ1) is 10.9. The zero-order valence-electron chi connectivity index (χ0n) is 13.2. The molecule has 7 nitrogen and oxygen atoms in total. The molecule has 2 unspecified atom stereocenters. The van der Waals surface area contributed by atoms with Crippen LogP contribution in [0.15, 0.2) is 12.1 Å². The lowest BCUT2D eigenvalue weighted by atomic mass is 10.00. The van der Waals surface area contributed by atoms with Gasteiger partial charge in [-0.2, -0.15) is 0 Å². The van der Waals surface area contributed by atoms with Crippen molar-refractivity contribution < 1.29 is 13.2 Å². The van der Waals surface area contributed by atoms with Crippen molar-refractivity contribution in [2.24, 2.45) is 5.92 Å². The zero-order chi connectivity index (χ0) is 16.4. The predicted octanol–water partition coefficient (Wildman–Crippen LogP) is 0.948. The Labute approximate surface area is 136 Å². The second kappa shape index (κ2) is 6.43. The number of nitrogens with one attached hydrogen (secondary N) is 1. The van der Waals surface area contributed by atoms with Gasteiger partial charge in [-0.15, -0.1) is 10.2 Å². The number of likely N-dealkylation sites (tertiary alicyclic amines) is 1. The minimum atomic E-state index is -2.93. The lowest BCUT2D eigenvalue weighted by Crippen LogP contribution is -2.39. The van der Waals surface area contributed by atoms with Crippen LogP contribution in [0.3, 0.4) is 0 Å². The van der Waals surface area contributed by atoms with E-state index in [0.717, 1.165) is 25.9 Å². The molecule has 3 rings (SSSR count). The summed E-state index contributed by atoms with van der Waals surface area (Å²) in [5.74, 6) is 1.28. The van der Waals surface area contributed by atoms with Crippen molar-refractivity contribution >= 4 is 21.6 Å². The molecule has 2 aliphatic heterocycles. The number of amides is 1. The van der Waals surface area contributed by atoms with E-state index in [1.165, 1.54) is 0 Å². The highest BCUT2D eigenvalue weighted by Crippen LogP contribution is 2.18. The van der Waals surface area contributed by atoms with Crippen molar-refractivity contribution in [3.8, 4) is 0 Å². The number of nitrogens with zero attached hydrogens (tertiary/aromatic N) is 3. The van der Waals surface area contributed by atoms with Crippen molar-refractivity contribution in [3.63, 3.8) is 0 Å². The highest BCUT2D eigenvalue weighted by atomic mass is 32.2. The zero-order valence-corrected chi connectivity index (χ0v) is 14.1. The molecule has 1 aromatic rings. The van der Waals surface area contributed by atoms with E-state index in [-0.39, 0.29) is 23.5 Å². The standard InChI is InChI=1S/C15H22N4O3S/c1-11-3-2-7-19(9-11)15(20)13-4-5-14(18-17-13)16-12-6-8-23(21,22)10-12/h4-5,11-12H,2-3,6-10H2,1H3,(H,16,18). The molecule has 0 aromatic carbocycles. The van der Waals surface area contributed by atoms with Crippen LogP contribution in [0.25, 0.3) is 0 Å². The summed E-state index contributed by atoms with van der Waals surface area (Å²) in [4.78, 5) is 14.2. The number of anilines is 1. The Morgan fingerprint density at radius 2 is 2.13 bits per heavy atom. The smallest absolute Gasteiger partial charge is 0.274 e. The van der Waals surface area contributed by atoms with Crippen LogP contribution in [0.2, 0.25) is 0 Å². The maximum Gasteiger partial charge on any atom is 0.274 e. The Morgan fingerprint density at radius 3 is 2.74 bits per heavy atom. The number of hydrogen-bond acceptors (Lipinski definition) is 6. The minimum Gasteiger partial charge on any atom is -0.365 e. The largest absolute Gasteiger partial charge is 0.365 e. The summed E-state index contributed by atoms with van der Waals surface area (Å²) in [7, 11) is -2.93. The van der Waals surface area contributed by atoms with E-state index in [4.69, 9.17) is 0 Å². The van der Waals surface area contributed by atoms with Gasteiger partial charge in [0.25, 0.3) is 5.91 Å². The minimum absolute atomic E-state index is 0.0842. The van der Waals surface area contributed by atoms with Gasteiger partial charge in [-0.3, -0.25) is 4.79 Å². The van der Waals surface area contributed by atoms with Crippen LogP contribution in [0, 0.1) is 5.92 Å². The van der Waals surface area contributed by atoms with E-state index in [2.05, 4.69) is 22.4 Å². The van der Waals surface area contributed by atoms with Gasteiger partial charge in [0.15, 0.2) is 15.5 Å². The molecular weight excluding hydrogens is 316 g/mol. The molecule has 0 aliphatic carbocycles. The topological polar surface area (TPSA) is 92.3 Å². The molecule has 1 amide bonds. The van der Waals surface area contributed by atoms with Gasteiger partial charge >= 0.3 is 0 Å². The van der Waals surface area contributed by atoms with E-state index in [1.54, 1.807) is 12.1 Å². The van der Waals surface area contributed by atoms with Crippen LogP contribution in [-0.2, 0) is 9.84 Å². The van der Waals surface area contributed by atoms with E-state index in [1.807, 2.05) is 4.90 Å². The number of sulfone groups is 1. The number of hydrogen-bond donors (Lipinski definition) is 1. The summed E-state index contributed by atoms with van der Waals surface area (Å²) >= 11 is 0. The van der Waals surface area contributed by atoms with E-state index < -0.39 is 9.84 Å². The second-order valence-corrected chi connectivity index (χ2v) is 8.78. The fourth-order valence-corrected chi connectivity index (χ4v) is 4.85. The van der Waals surface area contributed by atoms with Gasteiger partial charge in [0.1, 0.15) is 5.82 Å². The molecule has 0 bridgehead atoms. The first-order valence-electron chi connectivity index (χ1n) is 8.03. The molecule has 0 saturated carbocycles. The van der Waals surface area contributed by atoms with E-state index >= 15 is 0 Å². The van der Waals surface area contributed by atoms with Gasteiger partial charge in [-0.1, -0.05) is 6.92 Å². The average molecular weight is 338 g/mol. The van der Waals surface area contributed by atoms with Crippen LogP contribution in [-0.4, -0.2) is 60.1 Å². The van der Waals surface area contributed by atoms with Crippen LogP contribution in [0.1, 0.15) is 36.7 Å². The van der Waals surface area contributed by atoms with Crippen molar-refractivity contribution in [3.05, 3.63) is 17.8 Å². The molecule has 0 spiro atoms. The van der Waals surface area contributed by atoms with Crippen molar-refractivity contribution in [1.29, 1.82) is 0 Å². The van der Waals surface area contributed by atoms with Gasteiger partial charge in [-0.05, 0) is 37.3 Å². The molecule has 8 heteroatoms. The Bertz CT molecular complexity index is 674. The number of rotatable bonds is 3. The Hall–Kier alpha value is -1.70. The summed E-state index contributed by atoms with van der Waals surface area (Å²) in [6.45, 7) is 3.68. The van der Waals surface area contributed by atoms with Crippen molar-refractivity contribution in [1.82, 2.24) is 15.1 Å². The van der Waals surface area contributed by atoms with Crippen LogP contribution in [0.5, 0.6) is 0 Å². The van der Waals surface area contributed by atoms with E-state index in [0.29, 0.717) is 23.9 Å². The maximum absolute atomic E-state index is 12.4. The van der Waals surface area contributed by atoms with Crippen LogP contribution < -0.4 is 5.32 Å². The summed E-state index contributed by atoms with van der Waals surface area (Å²) in [6.07, 6.45) is 2.76. The molecule has 3 heterocycles. The number of aromatic nitrogens is 2. The Kier molecular flexibility index (Phi) is 4.52. The fraction of sp³-hybridized carbons (Fsp3) is 0.667. The summed E-state index contributed by atoms with van der Waals surface area (Å²) in [5.41, 5.74) is 0.337. The third-order valence-corrected chi connectivity index (χ3v) is 6.18. The molecule has 126 valence electrons. The molecule has 23 heavy (non-hydrogen) atoms. The lowest BCUT2D eigenvalue weighted by molar-refractivity contribution is 0.0676. The van der Waals surface area contributed by atoms with Crippen molar-refractivity contribution in [2.75, 3.05) is 29.9 Å². The first kappa shape index (κ1) is 16.2. The second-order valence-electron chi connectivity index (χ2n) is 6.55. The molecule has 0 radical (unpaired) electrons. The van der Waals surface area contributed by atoms with Crippen LogP contribution in [0.4, 0.5) is 5.82 Å². The third kappa shape index (κ3) is 3.99. The summed E-state index contributed by atoms with van der Waals surface area (Å²) in [5, 5.41) is 11.1. The first-order valence-corrected chi connectivity index (χ1v) is 9.85. The average Bonchev–Trinajstić information content (AvgIpc) is 2.86. The molecule has 2 atom stereocenters. The van der Waals surface area contributed by atoms with Gasteiger partial charge in [0.05, 0.1) is 11.5 Å². The van der Waals surface area contributed by atoms with Crippen molar-refractivity contribution in [2.45, 2.75) is 32.2 Å². The normalized spacial score (nSPS) is 26.9. The maximum atomic E-state index is 12.4. The number of carbonyl (C=O) groups is 1. The molecule has 1 N–H and O–H groups in total. The molecule has 2 aliphatic rings. The highest BCUT2D eigenvalue weighted by Gasteiger charge is 2.28. The van der Waals surface area contributed by atoms with Crippen LogP contribution >= 0.6 is 0 Å². The Balaban J connectivity index is 1.61. The quantitative estimate of drug-likeness (QED) is 0.882. The number of carbonyl (C=O) groups excluding carboxylic acids is 1. The van der Waals surface area contributed by atoms with Gasteiger partial charge in [0, 0.05) is 19.1 Å². The van der Waals surface area contributed by atoms with Gasteiger partial charge in [0.2, 0.25) is 0 Å².